The van der Waals surface area contributed by atoms with E-state index in [0.29, 0.717) is 38.5 Å². The largest absolute Gasteiger partial charge is 3.00 e. The monoisotopic (exact) mass is 820 g/mol. The maximum Gasteiger partial charge on any atom is 3.00 e. The first-order valence-corrected chi connectivity index (χ1v) is 15.1. The fourth-order valence-electron chi connectivity index (χ4n) is 3.79. The van der Waals surface area contributed by atoms with Crippen LogP contribution in [0.4, 0.5) is 0 Å². The third-order valence-electron chi connectivity index (χ3n) is 10.2. The van der Waals surface area contributed by atoms with Crippen LogP contribution in [-0.4, -0.2) is 35.8 Å². The van der Waals surface area contributed by atoms with Gasteiger partial charge in [0, 0.05) is 52.1 Å². The second-order valence-electron chi connectivity index (χ2n) is 15.1. The zero-order chi connectivity index (χ0) is 36.8. The molecule has 0 rings (SSSR count). The van der Waals surface area contributed by atoms with Crippen molar-refractivity contribution in [2.75, 3.05) is 0 Å². The summed E-state index contributed by atoms with van der Waals surface area (Å²) in [5, 5.41) is 63.5. The summed E-state index contributed by atoms with van der Waals surface area (Å²) < 4.78 is 0. The topological polar surface area (TPSA) is 241 Å². The molecule has 0 aliphatic heterocycles. The van der Waals surface area contributed by atoms with Gasteiger partial charge in [0.05, 0.1) is 0 Å². The van der Waals surface area contributed by atoms with Crippen LogP contribution in [-0.2, 0) is 94.2 Å². The van der Waals surface area contributed by atoms with Crippen molar-refractivity contribution in [2.45, 2.75) is 141 Å². The van der Waals surface area contributed by atoms with Gasteiger partial charge in [-0.15, -0.1) is 0 Å². The second-order valence-corrected chi connectivity index (χ2v) is 15.1. The van der Waals surface area contributed by atoms with Gasteiger partial charge in [-0.25, -0.2) is 0 Å². The zero-order valence-electron chi connectivity index (χ0n) is 30.4. The minimum atomic E-state index is -1.11. The molecule has 0 aromatic carbocycles. The number of carboxylic acid groups (broad SMARTS) is 6. The molecule has 0 saturated heterocycles. The summed E-state index contributed by atoms with van der Waals surface area (Å²) in [5.41, 5.74) is -4.42. The SMILES string of the molecule is CC(C)(CCCC(=O)[O-])C(C)(C)C(=O)[O-].CC(C)(CCCC(=O)[O-])C(C)(C)C(=O)[O-].CC(C)(CCCC(=O)[O-])C(C)(C)C(=O)[O-].[Y+3].[Y+3]. The van der Waals surface area contributed by atoms with Crippen molar-refractivity contribution in [1.82, 2.24) is 0 Å². The molecule has 0 aliphatic carbocycles. The normalized spacial score (nSPS) is 12.0. The van der Waals surface area contributed by atoms with Gasteiger partial charge in [-0.05, 0) is 74.0 Å². The first-order chi connectivity index (χ1) is 19.8. The number of rotatable bonds is 18. The molecule has 0 spiro atoms. The van der Waals surface area contributed by atoms with Crippen molar-refractivity contribution in [2.24, 2.45) is 32.5 Å². The molecule has 0 atom stereocenters. The van der Waals surface area contributed by atoms with Crippen LogP contribution < -0.4 is 30.6 Å². The Hall–Kier alpha value is -0.972. The van der Waals surface area contributed by atoms with Gasteiger partial charge in [-0.2, -0.15) is 0 Å². The quantitative estimate of drug-likeness (QED) is 0.164. The molecule has 0 radical (unpaired) electrons. The molecule has 0 heterocycles. The molecule has 0 aromatic rings. The number of carbonyl (C=O) groups is 6. The van der Waals surface area contributed by atoms with Gasteiger partial charge in [0.2, 0.25) is 0 Å². The van der Waals surface area contributed by atoms with E-state index in [1.54, 1.807) is 83.1 Å². The molecule has 12 nitrogen and oxygen atoms in total. The summed E-state index contributed by atoms with van der Waals surface area (Å²) >= 11 is 0. The van der Waals surface area contributed by atoms with E-state index in [1.807, 2.05) is 0 Å². The Kier molecular flexibility index (Phi) is 26.8. The number of aliphatic carboxylic acids is 6. The van der Waals surface area contributed by atoms with Crippen LogP contribution in [0.25, 0.3) is 0 Å². The molecule has 0 bridgehead atoms. The van der Waals surface area contributed by atoms with Crippen molar-refractivity contribution >= 4 is 35.8 Å². The van der Waals surface area contributed by atoms with Crippen LogP contribution in [0.2, 0.25) is 0 Å². The molecule has 0 fully saturated rings. The summed E-state index contributed by atoms with van der Waals surface area (Å²) in [7, 11) is 0. The number of carboxylic acids is 6. The number of hydrogen-bond donors (Lipinski definition) is 0. The average molecular weight is 821 g/mol. The molecule has 14 heteroatoms. The van der Waals surface area contributed by atoms with Crippen LogP contribution in [0, 0.1) is 32.5 Å². The maximum atomic E-state index is 10.9. The van der Waals surface area contributed by atoms with E-state index in [1.165, 1.54) is 0 Å². The minimum absolute atomic E-state index is 0. The molecule has 0 amide bonds. The van der Waals surface area contributed by atoms with E-state index in [9.17, 15) is 59.4 Å². The van der Waals surface area contributed by atoms with E-state index in [-0.39, 0.29) is 84.7 Å². The molecule has 0 unspecified atom stereocenters. The molecular weight excluding hydrogens is 766 g/mol. The first-order valence-electron chi connectivity index (χ1n) is 15.1. The summed E-state index contributed by atoms with van der Waals surface area (Å²) in [5.74, 6) is -6.63. The van der Waals surface area contributed by atoms with Crippen molar-refractivity contribution in [3.63, 3.8) is 0 Å². The van der Waals surface area contributed by atoms with E-state index >= 15 is 0 Å². The van der Waals surface area contributed by atoms with Crippen LogP contribution in [0.3, 0.4) is 0 Å². The Morgan fingerprint density at radius 1 is 0.362 bits per heavy atom. The van der Waals surface area contributed by atoms with E-state index in [0.717, 1.165) is 0 Å². The van der Waals surface area contributed by atoms with Gasteiger partial charge in [0.1, 0.15) is 0 Å². The van der Waals surface area contributed by atoms with E-state index in [4.69, 9.17) is 0 Å². The van der Waals surface area contributed by atoms with Crippen LogP contribution in [0.1, 0.15) is 141 Å². The standard InChI is InChI=1S/3C11H20O4.2Y/c3*1-10(2,7-5-6-8(12)13)11(3,4)9(14)15;;/h3*5-7H2,1-4H3,(H,12,13)(H,14,15);;/q;;;2*+3/p-6. The predicted molar refractivity (Wildman–Crippen MR) is 154 cm³/mol. The third-order valence-corrected chi connectivity index (χ3v) is 10.2. The van der Waals surface area contributed by atoms with Crippen molar-refractivity contribution in [3.05, 3.63) is 0 Å². The Morgan fingerprint density at radius 3 is 0.617 bits per heavy atom. The van der Waals surface area contributed by atoms with Gasteiger partial charge in [-0.1, -0.05) is 83.1 Å². The van der Waals surface area contributed by atoms with Gasteiger partial charge >= 0.3 is 65.4 Å². The fraction of sp³-hybridized carbons (Fsp3) is 0.818. The first kappa shape index (κ1) is 55.4. The van der Waals surface area contributed by atoms with Gasteiger partial charge < -0.3 is 59.4 Å². The molecule has 0 N–H and O–H groups in total. The summed E-state index contributed by atoms with van der Waals surface area (Å²) in [6.45, 7) is 20.4. The number of hydrogen-bond acceptors (Lipinski definition) is 12. The Labute approximate surface area is 331 Å². The summed E-state index contributed by atoms with van der Waals surface area (Å²) in [4.78, 5) is 63.5. The predicted octanol–water partition coefficient (Wildman–Crippen LogP) is -0.878. The van der Waals surface area contributed by atoms with E-state index < -0.39 is 68.3 Å². The molecule has 264 valence electrons. The Bertz CT molecular complexity index is 900. The van der Waals surface area contributed by atoms with Crippen molar-refractivity contribution in [3.8, 4) is 0 Å². The Morgan fingerprint density at radius 2 is 0.511 bits per heavy atom. The van der Waals surface area contributed by atoms with Gasteiger partial charge in [0.15, 0.2) is 0 Å². The third kappa shape index (κ3) is 19.7. The summed E-state index contributed by atoms with van der Waals surface area (Å²) in [6, 6.07) is 0. The molecule has 0 aromatic heterocycles. The van der Waals surface area contributed by atoms with Crippen LogP contribution in [0.15, 0.2) is 0 Å². The smallest absolute Gasteiger partial charge is 0.550 e. The second kappa shape index (κ2) is 22.7. The molecular formula is C33H54O12Y2. The van der Waals surface area contributed by atoms with Crippen LogP contribution in [0.5, 0.6) is 0 Å². The van der Waals surface area contributed by atoms with Gasteiger partial charge in [-0.3, -0.25) is 0 Å². The van der Waals surface area contributed by atoms with Gasteiger partial charge in [0.25, 0.3) is 0 Å². The Balaban J connectivity index is -0.000000184. The fourth-order valence-corrected chi connectivity index (χ4v) is 3.79. The molecule has 47 heavy (non-hydrogen) atoms. The van der Waals surface area contributed by atoms with Crippen molar-refractivity contribution < 1.29 is 125 Å². The zero-order valence-corrected chi connectivity index (χ0v) is 36.1. The number of carbonyl (C=O) groups excluding carboxylic acids is 6. The average Bonchev–Trinajstić information content (AvgIpc) is 2.83. The van der Waals surface area contributed by atoms with E-state index in [2.05, 4.69) is 0 Å². The summed E-state index contributed by atoms with van der Waals surface area (Å²) in [6.07, 6.45) is 2.71. The van der Waals surface area contributed by atoms with Crippen molar-refractivity contribution in [1.29, 1.82) is 0 Å². The molecule has 0 saturated carbocycles. The molecule has 0 aliphatic rings. The maximum absolute atomic E-state index is 10.9. The minimum Gasteiger partial charge on any atom is -0.550 e. The van der Waals surface area contributed by atoms with Crippen LogP contribution >= 0.6 is 0 Å².